The van der Waals surface area contributed by atoms with Gasteiger partial charge in [-0.25, -0.2) is 4.98 Å². The highest BCUT2D eigenvalue weighted by molar-refractivity contribution is 5.80. The molecule has 3 heterocycles. The summed E-state index contributed by atoms with van der Waals surface area (Å²) in [6.45, 7) is 11.1. The molecule has 1 unspecified atom stereocenters. The van der Waals surface area contributed by atoms with Crippen LogP contribution in [0.4, 0.5) is 5.69 Å². The monoisotopic (exact) mass is 502 g/mol. The molecule has 0 bridgehead atoms. The molecule has 6 heteroatoms. The Labute approximate surface area is 223 Å². The number of imidazole rings is 1. The average molecular weight is 503 g/mol. The van der Waals surface area contributed by atoms with Crippen LogP contribution < -0.4 is 10.2 Å². The van der Waals surface area contributed by atoms with Crippen LogP contribution in [0, 0.1) is 0 Å². The Bertz CT molecular complexity index is 1170. The second kappa shape index (κ2) is 10.8. The van der Waals surface area contributed by atoms with Gasteiger partial charge in [-0.05, 0) is 71.0 Å². The van der Waals surface area contributed by atoms with E-state index in [0.717, 1.165) is 57.4 Å². The molecule has 2 aromatic carbocycles. The lowest BCUT2D eigenvalue weighted by Gasteiger charge is -2.47. The quantitative estimate of drug-likeness (QED) is 0.484. The highest BCUT2D eigenvalue weighted by Crippen LogP contribution is 2.39. The van der Waals surface area contributed by atoms with E-state index < -0.39 is 0 Å². The standard InChI is InChI=1S/C31H46N6/c1-7-11-29(37-21-23(2)32-24(3)22-37)30-33-27-20-26(14-15-28(27)35(30)6)36-18-16-31(17-19-36,34(4)5)25-12-9-8-10-13-25/h8-10,12-15,20,23-24,29,32H,7,11,16-19,21-22H2,1-6H3/t23-,24+,29?. The van der Waals surface area contributed by atoms with E-state index in [4.69, 9.17) is 4.98 Å². The van der Waals surface area contributed by atoms with Crippen molar-refractivity contribution in [1.82, 2.24) is 24.7 Å². The maximum absolute atomic E-state index is 5.28. The topological polar surface area (TPSA) is 39.6 Å². The molecule has 6 nitrogen and oxygen atoms in total. The first-order valence-corrected chi connectivity index (χ1v) is 14.3. The van der Waals surface area contributed by atoms with E-state index in [1.165, 1.54) is 22.6 Å². The maximum atomic E-state index is 5.28. The van der Waals surface area contributed by atoms with Crippen molar-refractivity contribution < 1.29 is 0 Å². The molecule has 3 aromatic rings. The summed E-state index contributed by atoms with van der Waals surface area (Å²) in [6.07, 6.45) is 4.54. The van der Waals surface area contributed by atoms with Gasteiger partial charge in [-0.1, -0.05) is 43.7 Å². The molecule has 2 aliphatic rings. The van der Waals surface area contributed by atoms with Crippen molar-refractivity contribution in [3.8, 4) is 0 Å². The van der Waals surface area contributed by atoms with E-state index in [2.05, 4.69) is 115 Å². The Balaban J connectivity index is 1.39. The van der Waals surface area contributed by atoms with Crippen LogP contribution in [0.25, 0.3) is 11.0 Å². The van der Waals surface area contributed by atoms with Gasteiger partial charge in [-0.3, -0.25) is 9.80 Å². The number of nitrogens with one attached hydrogen (secondary N) is 1. The normalized spacial score (nSPS) is 23.6. The van der Waals surface area contributed by atoms with Crippen molar-refractivity contribution in [1.29, 1.82) is 0 Å². The van der Waals surface area contributed by atoms with Crippen LogP contribution in [-0.2, 0) is 12.6 Å². The van der Waals surface area contributed by atoms with Gasteiger partial charge in [0.15, 0.2) is 0 Å². The van der Waals surface area contributed by atoms with Gasteiger partial charge in [0.1, 0.15) is 5.82 Å². The lowest BCUT2D eigenvalue weighted by atomic mass is 9.79. The summed E-state index contributed by atoms with van der Waals surface area (Å²) in [7, 11) is 6.67. The minimum atomic E-state index is 0.102. The van der Waals surface area contributed by atoms with Gasteiger partial charge in [-0.15, -0.1) is 0 Å². The number of piperazine rings is 1. The van der Waals surface area contributed by atoms with Crippen LogP contribution in [0.2, 0.25) is 0 Å². The summed E-state index contributed by atoms with van der Waals surface area (Å²) in [5, 5.41) is 3.69. The van der Waals surface area contributed by atoms with E-state index in [-0.39, 0.29) is 5.54 Å². The first kappa shape index (κ1) is 26.2. The molecule has 2 aliphatic heterocycles. The van der Waals surface area contributed by atoms with Crippen LogP contribution in [0.15, 0.2) is 48.5 Å². The third-order valence-electron chi connectivity index (χ3n) is 8.91. The highest BCUT2D eigenvalue weighted by atomic mass is 15.3. The Morgan fingerprint density at radius 1 is 1.03 bits per heavy atom. The molecule has 1 aromatic heterocycles. The molecule has 0 radical (unpaired) electrons. The summed E-state index contributed by atoms with van der Waals surface area (Å²) < 4.78 is 2.35. The SMILES string of the molecule is CCCC(c1nc2cc(N3CCC(c4ccccc4)(N(C)C)CC3)ccc2n1C)N1C[C@@H](C)N[C@@H](C)C1. The molecule has 3 atom stereocenters. The minimum absolute atomic E-state index is 0.102. The molecule has 2 fully saturated rings. The highest BCUT2D eigenvalue weighted by Gasteiger charge is 2.38. The predicted octanol–water partition coefficient (Wildman–Crippen LogP) is 5.15. The number of piperidine rings is 1. The van der Waals surface area contributed by atoms with Crippen molar-refractivity contribution in [3.05, 3.63) is 59.9 Å². The fourth-order valence-corrected chi connectivity index (χ4v) is 6.95. The molecular weight excluding hydrogens is 456 g/mol. The molecule has 200 valence electrons. The number of nitrogens with zero attached hydrogens (tertiary/aromatic N) is 5. The first-order valence-electron chi connectivity index (χ1n) is 14.3. The Kier molecular flexibility index (Phi) is 7.62. The minimum Gasteiger partial charge on any atom is -0.371 e. The number of rotatable bonds is 7. The number of benzene rings is 2. The molecule has 0 amide bonds. The largest absolute Gasteiger partial charge is 0.371 e. The molecule has 0 saturated carbocycles. The van der Waals surface area contributed by atoms with Gasteiger partial charge >= 0.3 is 0 Å². The lowest BCUT2D eigenvalue weighted by molar-refractivity contribution is 0.110. The first-order chi connectivity index (χ1) is 17.8. The molecule has 2 saturated heterocycles. The number of hydrogen-bond donors (Lipinski definition) is 1. The summed E-state index contributed by atoms with van der Waals surface area (Å²) in [5.41, 5.74) is 5.20. The Hall–Kier alpha value is -2.41. The average Bonchev–Trinajstić information content (AvgIpc) is 3.22. The molecule has 0 spiro atoms. The second-order valence-electron chi connectivity index (χ2n) is 11.7. The van der Waals surface area contributed by atoms with E-state index in [1.807, 2.05) is 0 Å². The number of aryl methyl sites for hydroxylation is 1. The third-order valence-corrected chi connectivity index (χ3v) is 8.91. The van der Waals surface area contributed by atoms with Crippen molar-refractivity contribution in [2.45, 2.75) is 70.1 Å². The zero-order valence-electron chi connectivity index (χ0n) is 23.7. The van der Waals surface area contributed by atoms with Crippen LogP contribution in [0.1, 0.15) is 63.9 Å². The number of hydrogen-bond acceptors (Lipinski definition) is 5. The van der Waals surface area contributed by atoms with Crippen LogP contribution >= 0.6 is 0 Å². The van der Waals surface area contributed by atoms with E-state index in [0.29, 0.717) is 18.1 Å². The maximum Gasteiger partial charge on any atom is 0.127 e. The smallest absolute Gasteiger partial charge is 0.127 e. The third kappa shape index (κ3) is 5.04. The van der Waals surface area contributed by atoms with Gasteiger partial charge < -0.3 is 14.8 Å². The number of fused-ring (bicyclic) bond motifs is 1. The van der Waals surface area contributed by atoms with Crippen LogP contribution in [-0.4, -0.2) is 71.7 Å². The van der Waals surface area contributed by atoms with Crippen LogP contribution in [0.3, 0.4) is 0 Å². The summed E-state index contributed by atoms with van der Waals surface area (Å²) in [5.74, 6) is 1.21. The van der Waals surface area contributed by atoms with Crippen molar-refractivity contribution >= 4 is 16.7 Å². The lowest BCUT2D eigenvalue weighted by Crippen LogP contribution is -2.55. The molecule has 37 heavy (non-hydrogen) atoms. The predicted molar refractivity (Wildman–Crippen MR) is 155 cm³/mol. The summed E-state index contributed by atoms with van der Waals surface area (Å²) in [4.78, 5) is 12.9. The van der Waals surface area contributed by atoms with Gasteiger partial charge in [0.25, 0.3) is 0 Å². The number of aromatic nitrogens is 2. The zero-order chi connectivity index (χ0) is 26.2. The van der Waals surface area contributed by atoms with Crippen molar-refractivity contribution in [2.75, 3.05) is 45.2 Å². The van der Waals surface area contributed by atoms with E-state index in [9.17, 15) is 0 Å². The fourth-order valence-electron chi connectivity index (χ4n) is 6.95. The Morgan fingerprint density at radius 2 is 1.70 bits per heavy atom. The van der Waals surface area contributed by atoms with Crippen molar-refractivity contribution in [3.63, 3.8) is 0 Å². The van der Waals surface area contributed by atoms with E-state index in [1.54, 1.807) is 0 Å². The number of anilines is 1. The molecule has 0 aliphatic carbocycles. The summed E-state index contributed by atoms with van der Waals surface area (Å²) in [6, 6.07) is 19.4. The summed E-state index contributed by atoms with van der Waals surface area (Å²) >= 11 is 0. The van der Waals surface area contributed by atoms with Gasteiger partial charge in [0.2, 0.25) is 0 Å². The fraction of sp³-hybridized carbons (Fsp3) is 0.581. The molecule has 1 N–H and O–H groups in total. The Morgan fingerprint density at radius 3 is 2.32 bits per heavy atom. The zero-order valence-corrected chi connectivity index (χ0v) is 23.7. The van der Waals surface area contributed by atoms with Gasteiger partial charge in [-0.2, -0.15) is 0 Å². The van der Waals surface area contributed by atoms with Gasteiger partial charge in [0, 0.05) is 56.5 Å². The second-order valence-corrected chi connectivity index (χ2v) is 11.7. The van der Waals surface area contributed by atoms with E-state index >= 15 is 0 Å². The van der Waals surface area contributed by atoms with Gasteiger partial charge in [0.05, 0.1) is 17.1 Å². The van der Waals surface area contributed by atoms with Crippen molar-refractivity contribution in [2.24, 2.45) is 7.05 Å². The molecule has 5 rings (SSSR count). The van der Waals surface area contributed by atoms with Crippen LogP contribution in [0.5, 0.6) is 0 Å². The molecular formula is C31H46N6.